The lowest BCUT2D eigenvalue weighted by molar-refractivity contribution is 0.255. The van der Waals surface area contributed by atoms with E-state index in [4.69, 9.17) is 9.47 Å². The highest BCUT2D eigenvalue weighted by molar-refractivity contribution is 7.90. The SMILES string of the molecule is Cc1ccc(S(=O)(=O)NC(=O)Nc2ccc(Oc3cccc(Oc4ccc(NC(=O)NS(=O)(=O)c5ccc(C)cc5)cc4)c3)cc2)cc1. The summed E-state index contributed by atoms with van der Waals surface area (Å²) in [5, 5.41) is 4.96. The molecule has 0 atom stereocenters. The first-order chi connectivity index (χ1) is 22.8. The molecule has 48 heavy (non-hydrogen) atoms. The molecule has 0 aromatic heterocycles. The van der Waals surface area contributed by atoms with Gasteiger partial charge in [0.25, 0.3) is 20.0 Å². The van der Waals surface area contributed by atoms with Crippen LogP contribution in [0.1, 0.15) is 11.1 Å². The molecule has 4 amide bonds. The van der Waals surface area contributed by atoms with Gasteiger partial charge in [0, 0.05) is 17.4 Å². The van der Waals surface area contributed by atoms with Crippen molar-refractivity contribution in [2.24, 2.45) is 0 Å². The van der Waals surface area contributed by atoms with Crippen LogP contribution in [-0.4, -0.2) is 28.9 Å². The van der Waals surface area contributed by atoms with Crippen molar-refractivity contribution in [2.75, 3.05) is 10.6 Å². The van der Waals surface area contributed by atoms with Crippen LogP contribution < -0.4 is 29.6 Å². The third kappa shape index (κ3) is 9.11. The van der Waals surface area contributed by atoms with E-state index in [0.29, 0.717) is 34.4 Å². The summed E-state index contributed by atoms with van der Waals surface area (Å²) < 4.78 is 65.6. The molecule has 14 heteroatoms. The fraction of sp³-hybridized carbons (Fsp3) is 0.0588. The smallest absolute Gasteiger partial charge is 0.333 e. The second kappa shape index (κ2) is 14.3. The Labute approximate surface area is 277 Å². The highest BCUT2D eigenvalue weighted by atomic mass is 32.2. The number of hydrogen-bond donors (Lipinski definition) is 4. The van der Waals surface area contributed by atoms with Gasteiger partial charge in [-0.3, -0.25) is 0 Å². The fourth-order valence-electron chi connectivity index (χ4n) is 4.20. The molecule has 0 aliphatic carbocycles. The van der Waals surface area contributed by atoms with E-state index in [1.54, 1.807) is 97.1 Å². The molecule has 0 radical (unpaired) electrons. The largest absolute Gasteiger partial charge is 0.457 e. The number of carbonyl (C=O) groups is 2. The summed E-state index contributed by atoms with van der Waals surface area (Å²) in [6, 6.07) is 29.9. The van der Waals surface area contributed by atoms with E-state index in [2.05, 4.69) is 10.6 Å². The Morgan fingerprint density at radius 3 is 1.19 bits per heavy atom. The lowest BCUT2D eigenvalue weighted by Crippen LogP contribution is -2.34. The molecular formula is C34H30N4O8S2. The molecule has 12 nitrogen and oxygen atoms in total. The second-order valence-electron chi connectivity index (χ2n) is 10.5. The van der Waals surface area contributed by atoms with Crippen molar-refractivity contribution in [1.29, 1.82) is 0 Å². The highest BCUT2D eigenvalue weighted by Crippen LogP contribution is 2.29. The summed E-state index contributed by atoms with van der Waals surface area (Å²) in [6.07, 6.45) is 0. The van der Waals surface area contributed by atoms with Gasteiger partial charge < -0.3 is 20.1 Å². The van der Waals surface area contributed by atoms with E-state index in [9.17, 15) is 26.4 Å². The first kappa shape index (κ1) is 33.5. The van der Waals surface area contributed by atoms with E-state index >= 15 is 0 Å². The number of anilines is 2. The van der Waals surface area contributed by atoms with Crippen LogP contribution >= 0.6 is 0 Å². The van der Waals surface area contributed by atoms with E-state index in [1.807, 2.05) is 23.3 Å². The van der Waals surface area contributed by atoms with Gasteiger partial charge in [0.15, 0.2) is 0 Å². The normalized spacial score (nSPS) is 11.2. The van der Waals surface area contributed by atoms with Gasteiger partial charge in [0.05, 0.1) is 9.79 Å². The Balaban J connectivity index is 1.12. The lowest BCUT2D eigenvalue weighted by atomic mass is 10.2. The molecule has 0 bridgehead atoms. The average molecular weight is 687 g/mol. The zero-order valence-electron chi connectivity index (χ0n) is 25.6. The van der Waals surface area contributed by atoms with Gasteiger partial charge in [-0.15, -0.1) is 0 Å². The van der Waals surface area contributed by atoms with Crippen LogP contribution in [0, 0.1) is 13.8 Å². The van der Waals surface area contributed by atoms with Crippen LogP contribution in [0.4, 0.5) is 21.0 Å². The molecule has 4 N–H and O–H groups in total. The van der Waals surface area contributed by atoms with Gasteiger partial charge in [-0.25, -0.2) is 35.9 Å². The molecule has 0 aliphatic rings. The molecule has 0 fully saturated rings. The summed E-state index contributed by atoms with van der Waals surface area (Å²) in [4.78, 5) is 24.6. The van der Waals surface area contributed by atoms with Crippen molar-refractivity contribution in [3.63, 3.8) is 0 Å². The highest BCUT2D eigenvalue weighted by Gasteiger charge is 2.18. The summed E-state index contributed by atoms with van der Waals surface area (Å²) >= 11 is 0. The Hall–Kier alpha value is -5.86. The maximum Gasteiger partial charge on any atom is 0.333 e. The predicted molar refractivity (Wildman–Crippen MR) is 181 cm³/mol. The Bertz CT molecular complexity index is 1990. The van der Waals surface area contributed by atoms with Gasteiger partial charge in [-0.2, -0.15) is 0 Å². The number of carbonyl (C=O) groups excluding carboxylic acids is 2. The molecule has 5 aromatic rings. The first-order valence-electron chi connectivity index (χ1n) is 14.3. The molecule has 0 saturated heterocycles. The van der Waals surface area contributed by atoms with Crippen LogP contribution in [0.3, 0.4) is 0 Å². The lowest BCUT2D eigenvalue weighted by Gasteiger charge is -2.12. The van der Waals surface area contributed by atoms with Crippen molar-refractivity contribution in [3.05, 3.63) is 132 Å². The zero-order valence-corrected chi connectivity index (χ0v) is 27.3. The van der Waals surface area contributed by atoms with Gasteiger partial charge in [-0.1, -0.05) is 41.5 Å². The Morgan fingerprint density at radius 1 is 0.479 bits per heavy atom. The monoisotopic (exact) mass is 686 g/mol. The van der Waals surface area contributed by atoms with Crippen molar-refractivity contribution in [1.82, 2.24) is 9.44 Å². The van der Waals surface area contributed by atoms with Crippen LogP contribution in [0.25, 0.3) is 0 Å². The van der Waals surface area contributed by atoms with E-state index in [1.165, 1.54) is 24.3 Å². The van der Waals surface area contributed by atoms with Gasteiger partial charge in [0.1, 0.15) is 23.0 Å². The number of aryl methyl sites for hydroxylation is 2. The quantitative estimate of drug-likeness (QED) is 0.123. The maximum absolute atomic E-state index is 12.4. The van der Waals surface area contributed by atoms with E-state index in [-0.39, 0.29) is 9.79 Å². The van der Waals surface area contributed by atoms with Crippen molar-refractivity contribution < 1.29 is 35.9 Å². The number of urea groups is 2. The summed E-state index contributed by atoms with van der Waals surface area (Å²) in [7, 11) is -8.07. The fourth-order valence-corrected chi connectivity index (χ4v) is 6.01. The molecule has 5 aromatic carbocycles. The standard InChI is InChI=1S/C34H30N4O8S2/c1-23-6-18-31(19-7-23)47(41,42)37-33(39)35-25-10-14-27(15-11-25)45-29-4-3-5-30(22-29)46-28-16-12-26(13-17-28)36-34(40)38-48(43,44)32-20-8-24(2)9-21-32/h3-22H,1-2H3,(H2,35,37,39)(H2,36,38,40). The number of amides is 4. The van der Waals surface area contributed by atoms with Crippen molar-refractivity contribution in [2.45, 2.75) is 23.6 Å². The van der Waals surface area contributed by atoms with Crippen molar-refractivity contribution in [3.8, 4) is 23.0 Å². The van der Waals surface area contributed by atoms with Crippen LogP contribution in [-0.2, 0) is 20.0 Å². The second-order valence-corrected chi connectivity index (χ2v) is 13.8. The van der Waals surface area contributed by atoms with Crippen LogP contribution in [0.15, 0.2) is 131 Å². The first-order valence-corrected chi connectivity index (χ1v) is 17.3. The Morgan fingerprint density at radius 2 is 0.833 bits per heavy atom. The third-order valence-electron chi connectivity index (χ3n) is 6.62. The minimum Gasteiger partial charge on any atom is -0.457 e. The molecular weight excluding hydrogens is 657 g/mol. The molecule has 0 aliphatic heterocycles. The number of nitrogens with one attached hydrogen (secondary N) is 4. The van der Waals surface area contributed by atoms with E-state index < -0.39 is 32.1 Å². The van der Waals surface area contributed by atoms with Gasteiger partial charge >= 0.3 is 12.1 Å². The average Bonchev–Trinajstić information content (AvgIpc) is 3.03. The zero-order chi connectivity index (χ0) is 34.3. The molecule has 246 valence electrons. The summed E-state index contributed by atoms with van der Waals surface area (Å²) in [6.45, 7) is 3.65. The summed E-state index contributed by atoms with van der Waals surface area (Å²) in [5.41, 5.74) is 2.47. The summed E-state index contributed by atoms with van der Waals surface area (Å²) in [5.74, 6) is 1.81. The molecule has 5 rings (SSSR count). The predicted octanol–water partition coefficient (Wildman–Crippen LogP) is 6.91. The Kier molecular flexibility index (Phi) is 9.96. The molecule has 0 saturated carbocycles. The third-order valence-corrected chi connectivity index (χ3v) is 9.31. The number of sulfonamides is 2. The van der Waals surface area contributed by atoms with Crippen LogP contribution in [0.2, 0.25) is 0 Å². The van der Waals surface area contributed by atoms with E-state index in [0.717, 1.165) is 11.1 Å². The minimum atomic E-state index is -4.03. The number of benzene rings is 5. The van der Waals surface area contributed by atoms with Crippen LogP contribution in [0.5, 0.6) is 23.0 Å². The molecule has 0 spiro atoms. The van der Waals surface area contributed by atoms with Gasteiger partial charge in [0.2, 0.25) is 0 Å². The molecule has 0 unspecified atom stereocenters. The van der Waals surface area contributed by atoms with Crippen molar-refractivity contribution >= 4 is 43.5 Å². The number of ether oxygens (including phenoxy) is 2. The van der Waals surface area contributed by atoms with Gasteiger partial charge in [-0.05, 0) is 98.8 Å². The topological polar surface area (TPSA) is 169 Å². The number of hydrogen-bond acceptors (Lipinski definition) is 8. The minimum absolute atomic E-state index is 0.0269. The molecule has 0 heterocycles. The number of rotatable bonds is 10. The maximum atomic E-state index is 12.4.